The Hall–Kier alpha value is -0.380. The van der Waals surface area contributed by atoms with Gasteiger partial charge in [0.15, 0.2) is 0 Å². The lowest BCUT2D eigenvalue weighted by Gasteiger charge is -2.35. The summed E-state index contributed by atoms with van der Waals surface area (Å²) in [5, 5.41) is 3.67. The lowest BCUT2D eigenvalue weighted by molar-refractivity contribution is 0.0444. The van der Waals surface area contributed by atoms with Crippen molar-refractivity contribution in [3.8, 4) is 0 Å². The summed E-state index contributed by atoms with van der Waals surface area (Å²) < 4.78 is 5.38. The maximum atomic E-state index is 5.83. The van der Waals surface area contributed by atoms with Gasteiger partial charge in [0.25, 0.3) is 0 Å². The van der Waals surface area contributed by atoms with Crippen LogP contribution in [0.1, 0.15) is 26.2 Å². The zero-order valence-electron chi connectivity index (χ0n) is 9.54. The molecule has 1 aliphatic carbocycles. The van der Waals surface area contributed by atoms with E-state index in [1.165, 1.54) is 0 Å². The number of nitrogens with two attached hydrogens (primary N) is 1. The fourth-order valence-corrected chi connectivity index (χ4v) is 2.33. The third-order valence-electron chi connectivity index (χ3n) is 3.59. The van der Waals surface area contributed by atoms with E-state index in [2.05, 4.69) is 24.4 Å². The van der Waals surface area contributed by atoms with Gasteiger partial charge in [0.2, 0.25) is 0 Å². The van der Waals surface area contributed by atoms with Gasteiger partial charge in [-0.05, 0) is 32.1 Å². The van der Waals surface area contributed by atoms with Gasteiger partial charge in [-0.1, -0.05) is 12.2 Å². The second-order valence-electron chi connectivity index (χ2n) is 5.10. The van der Waals surface area contributed by atoms with E-state index in [1.807, 2.05) is 0 Å². The van der Waals surface area contributed by atoms with Gasteiger partial charge in [0.05, 0.1) is 0 Å². The summed E-state index contributed by atoms with van der Waals surface area (Å²) >= 11 is 0. The van der Waals surface area contributed by atoms with E-state index in [-0.39, 0.29) is 11.6 Å². The fourth-order valence-electron chi connectivity index (χ4n) is 2.33. The van der Waals surface area contributed by atoms with E-state index in [4.69, 9.17) is 10.5 Å². The van der Waals surface area contributed by atoms with Crippen LogP contribution in [0.2, 0.25) is 0 Å². The molecular weight excluding hydrogens is 188 g/mol. The predicted molar refractivity (Wildman–Crippen MR) is 61.7 cm³/mol. The molecule has 3 heteroatoms. The van der Waals surface area contributed by atoms with Gasteiger partial charge in [0, 0.05) is 31.3 Å². The van der Waals surface area contributed by atoms with Crippen LogP contribution in [0.5, 0.6) is 0 Å². The van der Waals surface area contributed by atoms with Crippen molar-refractivity contribution >= 4 is 0 Å². The summed E-state index contributed by atoms with van der Waals surface area (Å²) in [5.41, 5.74) is 6.11. The number of hydrogen-bond acceptors (Lipinski definition) is 3. The smallest absolute Gasteiger partial charge is 0.0483 e. The summed E-state index contributed by atoms with van der Waals surface area (Å²) in [6.45, 7) is 5.14. The summed E-state index contributed by atoms with van der Waals surface area (Å²) in [7, 11) is 0. The van der Waals surface area contributed by atoms with Crippen LogP contribution in [0.15, 0.2) is 12.2 Å². The van der Waals surface area contributed by atoms with Crippen LogP contribution in [-0.2, 0) is 4.74 Å². The second kappa shape index (κ2) is 4.64. The Morgan fingerprint density at radius 2 is 2.13 bits per heavy atom. The highest BCUT2D eigenvalue weighted by atomic mass is 16.5. The van der Waals surface area contributed by atoms with E-state index in [0.29, 0.717) is 5.92 Å². The highest BCUT2D eigenvalue weighted by molar-refractivity contribution is 5.05. The average molecular weight is 210 g/mol. The third kappa shape index (κ3) is 3.03. The van der Waals surface area contributed by atoms with Crippen molar-refractivity contribution in [2.45, 2.75) is 37.8 Å². The van der Waals surface area contributed by atoms with E-state index in [1.54, 1.807) is 0 Å². The van der Waals surface area contributed by atoms with Crippen LogP contribution in [-0.4, -0.2) is 31.3 Å². The molecule has 3 nitrogen and oxygen atoms in total. The molecule has 15 heavy (non-hydrogen) atoms. The molecule has 1 aliphatic heterocycles. The highest BCUT2D eigenvalue weighted by Gasteiger charge is 2.27. The van der Waals surface area contributed by atoms with Gasteiger partial charge in [-0.3, -0.25) is 0 Å². The Bertz CT molecular complexity index is 234. The van der Waals surface area contributed by atoms with Crippen molar-refractivity contribution in [2.75, 3.05) is 19.8 Å². The summed E-state index contributed by atoms with van der Waals surface area (Å²) in [6.07, 6.45) is 7.71. The molecule has 0 aromatic carbocycles. The molecule has 0 radical (unpaired) electrons. The first-order chi connectivity index (χ1) is 7.18. The SMILES string of the molecule is CC1(NCC2C=CC(N)C2)CCOCC1. The molecule has 2 aliphatic rings. The van der Waals surface area contributed by atoms with Crippen LogP contribution in [0, 0.1) is 5.92 Å². The number of rotatable bonds is 3. The fraction of sp³-hybridized carbons (Fsp3) is 0.833. The Kier molecular flexibility index (Phi) is 3.44. The van der Waals surface area contributed by atoms with E-state index in [0.717, 1.165) is 39.0 Å². The van der Waals surface area contributed by atoms with Crippen molar-refractivity contribution < 1.29 is 4.74 Å². The van der Waals surface area contributed by atoms with Crippen molar-refractivity contribution in [3.63, 3.8) is 0 Å². The molecule has 2 atom stereocenters. The lowest BCUT2D eigenvalue weighted by Crippen LogP contribution is -2.48. The van der Waals surface area contributed by atoms with E-state index in [9.17, 15) is 0 Å². The van der Waals surface area contributed by atoms with E-state index >= 15 is 0 Å². The van der Waals surface area contributed by atoms with Crippen molar-refractivity contribution in [3.05, 3.63) is 12.2 Å². The van der Waals surface area contributed by atoms with Crippen molar-refractivity contribution in [1.29, 1.82) is 0 Å². The van der Waals surface area contributed by atoms with Gasteiger partial charge in [-0.2, -0.15) is 0 Å². The zero-order chi connectivity index (χ0) is 10.7. The van der Waals surface area contributed by atoms with Crippen LogP contribution in [0.25, 0.3) is 0 Å². The first-order valence-electron chi connectivity index (χ1n) is 5.95. The minimum Gasteiger partial charge on any atom is -0.381 e. The first kappa shape index (κ1) is 11.1. The van der Waals surface area contributed by atoms with Gasteiger partial charge >= 0.3 is 0 Å². The lowest BCUT2D eigenvalue weighted by atomic mass is 9.91. The molecule has 3 N–H and O–H groups in total. The molecule has 2 unspecified atom stereocenters. The molecule has 1 saturated heterocycles. The van der Waals surface area contributed by atoms with Crippen LogP contribution in [0.3, 0.4) is 0 Å². The maximum Gasteiger partial charge on any atom is 0.0483 e. The summed E-state index contributed by atoms with van der Waals surface area (Å²) in [5.74, 6) is 0.625. The number of nitrogens with one attached hydrogen (secondary N) is 1. The van der Waals surface area contributed by atoms with Crippen LogP contribution < -0.4 is 11.1 Å². The molecule has 0 aromatic heterocycles. The summed E-state index contributed by atoms with van der Waals surface area (Å²) in [4.78, 5) is 0. The molecule has 1 heterocycles. The molecule has 0 saturated carbocycles. The third-order valence-corrected chi connectivity index (χ3v) is 3.59. The predicted octanol–water partition coefficient (Wildman–Crippen LogP) is 1.05. The molecular formula is C12H22N2O. The maximum absolute atomic E-state index is 5.83. The largest absolute Gasteiger partial charge is 0.381 e. The van der Waals surface area contributed by atoms with Gasteiger partial charge < -0.3 is 15.8 Å². The Labute approximate surface area is 92.1 Å². The highest BCUT2D eigenvalue weighted by Crippen LogP contribution is 2.22. The molecule has 2 rings (SSSR count). The Morgan fingerprint density at radius 1 is 1.40 bits per heavy atom. The standard InChI is InChI=1S/C12H22N2O/c1-12(4-6-15-7-5-12)14-9-10-2-3-11(13)8-10/h2-3,10-11,14H,4-9,13H2,1H3. The van der Waals surface area contributed by atoms with Gasteiger partial charge in [-0.15, -0.1) is 0 Å². The van der Waals surface area contributed by atoms with E-state index < -0.39 is 0 Å². The van der Waals surface area contributed by atoms with Crippen LogP contribution >= 0.6 is 0 Å². The quantitative estimate of drug-likeness (QED) is 0.684. The molecule has 86 valence electrons. The molecule has 0 bridgehead atoms. The topological polar surface area (TPSA) is 47.3 Å². The van der Waals surface area contributed by atoms with Crippen molar-refractivity contribution in [1.82, 2.24) is 5.32 Å². The minimum absolute atomic E-state index is 0.277. The monoisotopic (exact) mass is 210 g/mol. The second-order valence-corrected chi connectivity index (χ2v) is 5.10. The normalized spacial score (nSPS) is 34.5. The number of ether oxygens (including phenoxy) is 1. The Balaban J connectivity index is 1.74. The minimum atomic E-state index is 0.277. The van der Waals surface area contributed by atoms with Crippen molar-refractivity contribution in [2.24, 2.45) is 11.7 Å². The van der Waals surface area contributed by atoms with Crippen LogP contribution in [0.4, 0.5) is 0 Å². The Morgan fingerprint density at radius 3 is 2.73 bits per heavy atom. The average Bonchev–Trinajstić information content (AvgIpc) is 2.63. The molecule has 0 aromatic rings. The zero-order valence-corrected chi connectivity index (χ0v) is 9.54. The van der Waals surface area contributed by atoms with Gasteiger partial charge in [-0.25, -0.2) is 0 Å². The number of hydrogen-bond donors (Lipinski definition) is 2. The summed E-state index contributed by atoms with van der Waals surface area (Å²) in [6, 6.07) is 0.277. The van der Waals surface area contributed by atoms with Gasteiger partial charge in [0.1, 0.15) is 0 Å². The molecule has 1 fully saturated rings. The first-order valence-corrected chi connectivity index (χ1v) is 5.95. The molecule has 0 spiro atoms. The molecule has 0 amide bonds.